The molecule has 0 unspecified atom stereocenters. The summed E-state index contributed by atoms with van der Waals surface area (Å²) in [6.45, 7) is 4.09. The molecule has 0 fully saturated rings. The van der Waals surface area contributed by atoms with Gasteiger partial charge in [0, 0.05) is 5.69 Å². The second kappa shape index (κ2) is 4.55. The third kappa shape index (κ3) is 2.82. The van der Waals surface area contributed by atoms with E-state index in [-0.39, 0.29) is 11.2 Å². The molecule has 1 aromatic carbocycles. The second-order valence-electron chi connectivity index (χ2n) is 3.71. The van der Waals surface area contributed by atoms with Crippen LogP contribution < -0.4 is 11.1 Å². The third-order valence-electron chi connectivity index (χ3n) is 2.39. The Labute approximate surface area is 104 Å². The van der Waals surface area contributed by atoms with Gasteiger partial charge in [-0.05, 0) is 48.7 Å². The van der Waals surface area contributed by atoms with E-state index < -0.39 is 0 Å². The number of anilines is 3. The summed E-state index contributed by atoms with van der Waals surface area (Å²) in [6, 6.07) is 5.96. The van der Waals surface area contributed by atoms with Crippen molar-refractivity contribution in [2.24, 2.45) is 0 Å². The quantitative estimate of drug-likeness (QED) is 0.855. The van der Waals surface area contributed by atoms with Gasteiger partial charge in [-0.3, -0.25) is 0 Å². The van der Waals surface area contributed by atoms with E-state index in [2.05, 4.69) is 27.2 Å². The van der Waals surface area contributed by atoms with Crippen molar-refractivity contribution in [1.82, 2.24) is 15.0 Å². The molecule has 0 aliphatic heterocycles. The minimum absolute atomic E-state index is 0.0730. The maximum Gasteiger partial charge on any atom is 0.233 e. The molecule has 1 heterocycles. The van der Waals surface area contributed by atoms with Gasteiger partial charge < -0.3 is 11.1 Å². The van der Waals surface area contributed by atoms with Crippen molar-refractivity contribution in [3.63, 3.8) is 0 Å². The van der Waals surface area contributed by atoms with Crippen molar-refractivity contribution in [3.05, 3.63) is 34.6 Å². The SMILES string of the molecule is Cc1ccc(Nc2nc(N)nc(Cl)n2)cc1C. The molecule has 88 valence electrons. The zero-order valence-electron chi connectivity index (χ0n) is 9.53. The zero-order valence-corrected chi connectivity index (χ0v) is 10.3. The monoisotopic (exact) mass is 249 g/mol. The summed E-state index contributed by atoms with van der Waals surface area (Å²) in [5, 5.41) is 3.10. The van der Waals surface area contributed by atoms with Crippen LogP contribution in [0.5, 0.6) is 0 Å². The van der Waals surface area contributed by atoms with Gasteiger partial charge >= 0.3 is 0 Å². The number of aryl methyl sites for hydroxylation is 2. The number of rotatable bonds is 2. The van der Waals surface area contributed by atoms with Crippen LogP contribution in [0.4, 0.5) is 17.6 Å². The molecule has 0 saturated heterocycles. The first-order chi connectivity index (χ1) is 8.04. The number of hydrogen-bond donors (Lipinski definition) is 2. The van der Waals surface area contributed by atoms with Crippen LogP contribution in [0, 0.1) is 13.8 Å². The maximum absolute atomic E-state index is 5.69. The zero-order chi connectivity index (χ0) is 12.4. The van der Waals surface area contributed by atoms with E-state index in [9.17, 15) is 0 Å². The van der Waals surface area contributed by atoms with Crippen molar-refractivity contribution < 1.29 is 0 Å². The van der Waals surface area contributed by atoms with Crippen molar-refractivity contribution in [1.29, 1.82) is 0 Å². The minimum Gasteiger partial charge on any atom is -0.368 e. The van der Waals surface area contributed by atoms with Crippen molar-refractivity contribution in [2.45, 2.75) is 13.8 Å². The Bertz CT molecular complexity index is 535. The Morgan fingerprint density at radius 2 is 1.88 bits per heavy atom. The van der Waals surface area contributed by atoms with Crippen LogP contribution in [-0.2, 0) is 0 Å². The fourth-order valence-electron chi connectivity index (χ4n) is 1.37. The number of nitrogens with one attached hydrogen (secondary N) is 1. The molecule has 6 heteroatoms. The molecule has 5 nitrogen and oxygen atoms in total. The predicted molar refractivity (Wildman–Crippen MR) is 68.4 cm³/mol. The Morgan fingerprint density at radius 3 is 2.53 bits per heavy atom. The molecular formula is C11H12ClN5. The molecule has 17 heavy (non-hydrogen) atoms. The molecular weight excluding hydrogens is 238 g/mol. The van der Waals surface area contributed by atoms with Gasteiger partial charge in [-0.1, -0.05) is 6.07 Å². The van der Waals surface area contributed by atoms with Crippen LogP contribution in [0.3, 0.4) is 0 Å². The Hall–Kier alpha value is -1.88. The van der Waals surface area contributed by atoms with Gasteiger partial charge in [0.25, 0.3) is 0 Å². The molecule has 0 bridgehead atoms. The van der Waals surface area contributed by atoms with Gasteiger partial charge in [0.15, 0.2) is 0 Å². The van der Waals surface area contributed by atoms with Crippen molar-refractivity contribution in [2.75, 3.05) is 11.1 Å². The molecule has 1 aromatic heterocycles. The predicted octanol–water partition coefficient (Wildman–Crippen LogP) is 2.47. The van der Waals surface area contributed by atoms with E-state index in [1.165, 1.54) is 11.1 Å². The average molecular weight is 250 g/mol. The molecule has 0 radical (unpaired) electrons. The number of aromatic nitrogens is 3. The summed E-state index contributed by atoms with van der Waals surface area (Å²) in [5.74, 6) is 0.432. The first kappa shape index (κ1) is 11.6. The summed E-state index contributed by atoms with van der Waals surface area (Å²) < 4.78 is 0. The number of hydrogen-bond acceptors (Lipinski definition) is 5. The number of nitrogens with zero attached hydrogens (tertiary/aromatic N) is 3. The number of nitrogens with two attached hydrogens (primary N) is 1. The lowest BCUT2D eigenvalue weighted by atomic mass is 10.1. The lowest BCUT2D eigenvalue weighted by molar-refractivity contribution is 1.07. The lowest BCUT2D eigenvalue weighted by Crippen LogP contribution is -2.03. The lowest BCUT2D eigenvalue weighted by Gasteiger charge is -2.07. The van der Waals surface area contributed by atoms with E-state index in [0.717, 1.165) is 5.69 Å². The van der Waals surface area contributed by atoms with Crippen LogP contribution in [0.1, 0.15) is 11.1 Å². The highest BCUT2D eigenvalue weighted by Crippen LogP contribution is 2.18. The van der Waals surface area contributed by atoms with E-state index >= 15 is 0 Å². The summed E-state index contributed by atoms with van der Waals surface area (Å²) in [5.41, 5.74) is 8.77. The van der Waals surface area contributed by atoms with Crippen molar-refractivity contribution >= 4 is 29.2 Å². The Balaban J connectivity index is 2.28. The number of halogens is 1. The number of nitrogen functional groups attached to an aromatic ring is 1. The number of benzene rings is 1. The van der Waals surface area contributed by atoms with E-state index in [4.69, 9.17) is 17.3 Å². The summed E-state index contributed by atoms with van der Waals surface area (Å²) >= 11 is 5.69. The van der Waals surface area contributed by atoms with Gasteiger partial charge in [-0.15, -0.1) is 0 Å². The van der Waals surface area contributed by atoms with Gasteiger partial charge in [-0.2, -0.15) is 15.0 Å². The molecule has 0 spiro atoms. The Morgan fingerprint density at radius 1 is 1.12 bits per heavy atom. The average Bonchev–Trinajstić information content (AvgIpc) is 2.22. The van der Waals surface area contributed by atoms with Gasteiger partial charge in [0.05, 0.1) is 0 Å². The van der Waals surface area contributed by atoms with Gasteiger partial charge in [0.2, 0.25) is 17.2 Å². The molecule has 2 aromatic rings. The third-order valence-corrected chi connectivity index (χ3v) is 2.56. The summed E-state index contributed by atoms with van der Waals surface area (Å²) in [7, 11) is 0. The largest absolute Gasteiger partial charge is 0.368 e. The van der Waals surface area contributed by atoms with Crippen molar-refractivity contribution in [3.8, 4) is 0 Å². The highest BCUT2D eigenvalue weighted by molar-refractivity contribution is 6.28. The van der Waals surface area contributed by atoms with Crippen LogP contribution in [-0.4, -0.2) is 15.0 Å². The van der Waals surface area contributed by atoms with E-state index in [1.54, 1.807) is 0 Å². The Kier molecular flexibility index (Phi) is 3.10. The first-order valence-electron chi connectivity index (χ1n) is 5.06. The molecule has 0 saturated carbocycles. The molecule has 0 atom stereocenters. The first-order valence-corrected chi connectivity index (χ1v) is 5.44. The van der Waals surface area contributed by atoms with Gasteiger partial charge in [-0.25, -0.2) is 0 Å². The van der Waals surface area contributed by atoms with Crippen LogP contribution in [0.2, 0.25) is 5.28 Å². The maximum atomic E-state index is 5.69. The normalized spacial score (nSPS) is 10.3. The molecule has 2 rings (SSSR count). The topological polar surface area (TPSA) is 76.7 Å². The standard InChI is InChI=1S/C11H12ClN5/c1-6-3-4-8(5-7(6)2)14-11-16-9(12)15-10(13)17-11/h3-5H,1-2H3,(H3,13,14,15,16,17). The molecule has 3 N–H and O–H groups in total. The fraction of sp³-hybridized carbons (Fsp3) is 0.182. The van der Waals surface area contributed by atoms with E-state index in [1.807, 2.05) is 25.1 Å². The smallest absolute Gasteiger partial charge is 0.233 e. The van der Waals surface area contributed by atoms with Crippen LogP contribution >= 0.6 is 11.6 Å². The van der Waals surface area contributed by atoms with Crippen LogP contribution in [0.25, 0.3) is 0 Å². The summed E-state index contributed by atoms with van der Waals surface area (Å²) in [6.07, 6.45) is 0. The van der Waals surface area contributed by atoms with Gasteiger partial charge in [0.1, 0.15) is 0 Å². The highest BCUT2D eigenvalue weighted by atomic mass is 35.5. The second-order valence-corrected chi connectivity index (χ2v) is 4.05. The molecule has 0 aliphatic carbocycles. The van der Waals surface area contributed by atoms with E-state index in [0.29, 0.717) is 5.95 Å². The molecule has 0 aliphatic rings. The molecule has 0 amide bonds. The fourth-order valence-corrected chi connectivity index (χ4v) is 1.54. The highest BCUT2D eigenvalue weighted by Gasteiger charge is 2.03. The van der Waals surface area contributed by atoms with Crippen LogP contribution in [0.15, 0.2) is 18.2 Å². The minimum atomic E-state index is 0.0730. The summed E-state index contributed by atoms with van der Waals surface area (Å²) in [4.78, 5) is 11.6.